The van der Waals surface area contributed by atoms with Gasteiger partial charge in [0.15, 0.2) is 0 Å². The van der Waals surface area contributed by atoms with Crippen molar-refractivity contribution in [1.29, 1.82) is 0 Å². The van der Waals surface area contributed by atoms with E-state index < -0.39 is 0 Å². The normalized spacial score (nSPS) is 22.4. The molecule has 0 radical (unpaired) electrons. The van der Waals surface area contributed by atoms with Gasteiger partial charge in [-0.1, -0.05) is 42.5 Å². The summed E-state index contributed by atoms with van der Waals surface area (Å²) < 4.78 is 5.77. The zero-order valence-electron chi connectivity index (χ0n) is 15.7. The number of benzene rings is 3. The number of hydrogen-bond acceptors (Lipinski definition) is 3. The molecule has 5 rings (SSSR count). The number of allylic oxidation sites excluding steroid dienone is 2. The monoisotopic (exact) mass is 370 g/mol. The van der Waals surface area contributed by atoms with Crippen LogP contribution >= 0.6 is 0 Å². The second-order valence-electron chi connectivity index (χ2n) is 7.54. The van der Waals surface area contributed by atoms with Crippen LogP contribution in [-0.2, 0) is 0 Å². The molecule has 1 aliphatic carbocycles. The number of anilines is 1. The van der Waals surface area contributed by atoms with Crippen LogP contribution in [0.15, 0.2) is 66.7 Å². The number of fused-ring (bicyclic) bond motifs is 4. The number of carbonyl (C=O) groups is 1. The van der Waals surface area contributed by atoms with Gasteiger partial charge in [0.25, 0.3) is 0 Å². The van der Waals surface area contributed by atoms with E-state index in [0.717, 1.165) is 23.4 Å². The van der Waals surface area contributed by atoms with Crippen molar-refractivity contribution in [2.75, 3.05) is 12.4 Å². The first-order valence-corrected chi connectivity index (χ1v) is 9.60. The Balaban J connectivity index is 1.69. The van der Waals surface area contributed by atoms with Gasteiger partial charge in [-0.05, 0) is 52.9 Å². The highest BCUT2D eigenvalue weighted by Gasteiger charge is 2.39. The zero-order chi connectivity index (χ0) is 19.3. The lowest BCUT2D eigenvalue weighted by molar-refractivity contribution is 0.1000. The molecule has 4 nitrogen and oxygen atoms in total. The van der Waals surface area contributed by atoms with Crippen LogP contribution in [0.4, 0.5) is 5.69 Å². The van der Waals surface area contributed by atoms with E-state index in [1.165, 1.54) is 16.3 Å². The van der Waals surface area contributed by atoms with E-state index in [4.69, 9.17) is 10.5 Å². The number of hydrogen-bond donors (Lipinski definition) is 2. The predicted octanol–water partition coefficient (Wildman–Crippen LogP) is 4.77. The molecule has 2 aliphatic rings. The third kappa shape index (κ3) is 2.48. The number of methoxy groups -OCH3 is 1. The van der Waals surface area contributed by atoms with Crippen molar-refractivity contribution < 1.29 is 9.53 Å². The molecule has 3 unspecified atom stereocenters. The second-order valence-corrected chi connectivity index (χ2v) is 7.54. The Labute approximate surface area is 164 Å². The maximum Gasteiger partial charge on any atom is 0.248 e. The highest BCUT2D eigenvalue weighted by atomic mass is 16.5. The van der Waals surface area contributed by atoms with Crippen LogP contribution in [0.1, 0.15) is 39.9 Å². The van der Waals surface area contributed by atoms with Gasteiger partial charge >= 0.3 is 0 Å². The average Bonchev–Trinajstić information content (AvgIpc) is 3.22. The minimum absolute atomic E-state index is 0.118. The van der Waals surface area contributed by atoms with E-state index in [2.05, 4.69) is 53.9 Å². The molecule has 0 bridgehead atoms. The summed E-state index contributed by atoms with van der Waals surface area (Å²) in [5, 5.41) is 6.16. The standard InChI is InChI=1S/C24H22N2O2/c1-28-21-12-10-14-5-2-3-6-16(14)22(21)23-18-8-4-7-17(18)19-13-15(24(25)27)9-11-20(19)26-23/h2-7,9-13,17-18,23,26H,8H2,1H3,(H2,25,27). The molecule has 0 spiro atoms. The highest BCUT2D eigenvalue weighted by Crippen LogP contribution is 2.52. The molecule has 140 valence electrons. The van der Waals surface area contributed by atoms with Crippen LogP contribution < -0.4 is 15.8 Å². The van der Waals surface area contributed by atoms with E-state index in [-0.39, 0.29) is 17.9 Å². The third-order valence-corrected chi connectivity index (χ3v) is 6.11. The van der Waals surface area contributed by atoms with E-state index >= 15 is 0 Å². The Morgan fingerprint density at radius 2 is 2.00 bits per heavy atom. The van der Waals surface area contributed by atoms with E-state index in [1.807, 2.05) is 12.1 Å². The third-order valence-electron chi connectivity index (χ3n) is 6.11. The number of rotatable bonds is 3. The van der Waals surface area contributed by atoms with Gasteiger partial charge in [-0.15, -0.1) is 0 Å². The SMILES string of the molecule is COc1ccc2ccccc2c1C1Nc2ccc(C(N)=O)cc2C2C=CCC21. The molecule has 1 heterocycles. The van der Waals surface area contributed by atoms with Crippen molar-refractivity contribution >= 4 is 22.4 Å². The Kier molecular flexibility index (Phi) is 3.86. The maximum absolute atomic E-state index is 11.7. The summed E-state index contributed by atoms with van der Waals surface area (Å²) in [4.78, 5) is 11.7. The van der Waals surface area contributed by atoms with E-state index in [1.54, 1.807) is 13.2 Å². The summed E-state index contributed by atoms with van der Waals surface area (Å²) in [6.07, 6.45) is 5.49. The number of carbonyl (C=O) groups excluding carboxylic acids is 1. The number of primary amides is 1. The topological polar surface area (TPSA) is 64.3 Å². The first-order valence-electron chi connectivity index (χ1n) is 9.60. The van der Waals surface area contributed by atoms with Crippen molar-refractivity contribution in [1.82, 2.24) is 0 Å². The summed E-state index contributed by atoms with van der Waals surface area (Å²) >= 11 is 0. The molecular weight excluding hydrogens is 348 g/mol. The Hall–Kier alpha value is -3.27. The average molecular weight is 370 g/mol. The fourth-order valence-electron chi connectivity index (χ4n) is 4.81. The van der Waals surface area contributed by atoms with Gasteiger partial charge in [0.05, 0.1) is 13.2 Å². The van der Waals surface area contributed by atoms with Gasteiger partial charge in [0.2, 0.25) is 5.91 Å². The van der Waals surface area contributed by atoms with Crippen LogP contribution in [0.2, 0.25) is 0 Å². The molecule has 0 aromatic heterocycles. The molecule has 3 atom stereocenters. The quantitative estimate of drug-likeness (QED) is 0.653. The molecule has 1 aliphatic heterocycles. The van der Waals surface area contributed by atoms with Crippen molar-refractivity contribution in [3.05, 3.63) is 83.4 Å². The van der Waals surface area contributed by atoms with Crippen molar-refractivity contribution in [2.45, 2.75) is 18.4 Å². The van der Waals surface area contributed by atoms with Crippen molar-refractivity contribution in [2.24, 2.45) is 11.7 Å². The van der Waals surface area contributed by atoms with Gasteiger partial charge in [-0.2, -0.15) is 0 Å². The van der Waals surface area contributed by atoms with Gasteiger partial charge in [0.1, 0.15) is 5.75 Å². The lowest BCUT2D eigenvalue weighted by atomic mass is 9.75. The van der Waals surface area contributed by atoms with E-state index in [0.29, 0.717) is 11.5 Å². The number of ether oxygens (including phenoxy) is 1. The molecule has 0 fully saturated rings. The Morgan fingerprint density at radius 3 is 2.82 bits per heavy atom. The highest BCUT2D eigenvalue weighted by molar-refractivity contribution is 5.94. The molecule has 3 N–H and O–H groups in total. The minimum Gasteiger partial charge on any atom is -0.496 e. The predicted molar refractivity (Wildman–Crippen MR) is 112 cm³/mol. The van der Waals surface area contributed by atoms with Crippen molar-refractivity contribution in [3.63, 3.8) is 0 Å². The summed E-state index contributed by atoms with van der Waals surface area (Å²) in [6.45, 7) is 0. The lowest BCUT2D eigenvalue weighted by Crippen LogP contribution is -2.30. The van der Waals surface area contributed by atoms with Crippen LogP contribution in [0.3, 0.4) is 0 Å². The lowest BCUT2D eigenvalue weighted by Gasteiger charge is -2.38. The number of nitrogens with one attached hydrogen (secondary N) is 1. The smallest absolute Gasteiger partial charge is 0.248 e. The minimum atomic E-state index is -0.390. The zero-order valence-corrected chi connectivity index (χ0v) is 15.7. The summed E-state index contributed by atoms with van der Waals surface area (Å²) in [7, 11) is 1.73. The van der Waals surface area contributed by atoms with Crippen LogP contribution in [0.5, 0.6) is 5.75 Å². The first kappa shape index (κ1) is 16.9. The maximum atomic E-state index is 11.7. The summed E-state index contributed by atoms with van der Waals surface area (Å²) in [5.41, 5.74) is 9.46. The van der Waals surface area contributed by atoms with Gasteiger partial charge in [-0.3, -0.25) is 4.79 Å². The second kappa shape index (κ2) is 6.41. The van der Waals surface area contributed by atoms with Crippen molar-refractivity contribution in [3.8, 4) is 5.75 Å². The summed E-state index contributed by atoms with van der Waals surface area (Å²) in [5.74, 6) is 1.12. The molecule has 3 aromatic carbocycles. The largest absolute Gasteiger partial charge is 0.496 e. The molecule has 28 heavy (non-hydrogen) atoms. The number of nitrogens with two attached hydrogens (primary N) is 1. The first-order chi connectivity index (χ1) is 13.7. The van der Waals surface area contributed by atoms with Gasteiger partial charge < -0.3 is 15.8 Å². The fraction of sp³-hybridized carbons (Fsp3) is 0.208. The van der Waals surface area contributed by atoms with Crippen LogP contribution in [-0.4, -0.2) is 13.0 Å². The number of amides is 1. The molecule has 0 saturated carbocycles. The summed E-state index contributed by atoms with van der Waals surface area (Å²) in [6, 6.07) is 18.4. The molecule has 0 saturated heterocycles. The fourth-order valence-corrected chi connectivity index (χ4v) is 4.81. The van der Waals surface area contributed by atoms with Gasteiger partial charge in [-0.25, -0.2) is 0 Å². The van der Waals surface area contributed by atoms with Gasteiger partial charge in [0, 0.05) is 22.7 Å². The van der Waals surface area contributed by atoms with Crippen LogP contribution in [0, 0.1) is 5.92 Å². The molecule has 1 amide bonds. The van der Waals surface area contributed by atoms with Crippen LogP contribution in [0.25, 0.3) is 10.8 Å². The Morgan fingerprint density at radius 1 is 1.14 bits per heavy atom. The molecule has 4 heteroatoms. The molecule has 3 aromatic rings. The molecular formula is C24H22N2O2. The van der Waals surface area contributed by atoms with E-state index in [9.17, 15) is 4.79 Å². The Bertz CT molecular complexity index is 1120.